The van der Waals surface area contributed by atoms with Crippen LogP contribution in [0.3, 0.4) is 0 Å². The molecule has 1 heterocycles. The van der Waals surface area contributed by atoms with Crippen LogP contribution in [0.15, 0.2) is 12.1 Å². The first-order valence-corrected chi connectivity index (χ1v) is 7.98. The number of amides is 1. The van der Waals surface area contributed by atoms with Gasteiger partial charge in [-0.05, 0) is 37.5 Å². The molecule has 2 rings (SSSR count). The number of nitrogens with one attached hydrogen (secondary N) is 1. The van der Waals surface area contributed by atoms with E-state index in [2.05, 4.69) is 5.32 Å². The van der Waals surface area contributed by atoms with E-state index in [4.69, 9.17) is 5.73 Å². The molecule has 1 aliphatic rings. The molecular formula is C13H18N2O3S. The second kappa shape index (κ2) is 4.85. The molecular weight excluding hydrogens is 264 g/mol. The number of nitrogen functional groups attached to an aromatic ring is 1. The number of hydrogen-bond donors (Lipinski definition) is 2. The third kappa shape index (κ3) is 3.07. The summed E-state index contributed by atoms with van der Waals surface area (Å²) in [5.74, 6) is -0.0853. The van der Waals surface area contributed by atoms with Crippen LogP contribution in [0, 0.1) is 13.8 Å². The first kappa shape index (κ1) is 13.9. The molecule has 1 aromatic rings. The fourth-order valence-electron chi connectivity index (χ4n) is 2.29. The highest BCUT2D eigenvalue weighted by Gasteiger charge is 2.29. The number of nitrogens with two attached hydrogens (primary N) is 1. The van der Waals surface area contributed by atoms with Gasteiger partial charge in [-0.2, -0.15) is 0 Å². The summed E-state index contributed by atoms with van der Waals surface area (Å²) in [5.41, 5.74) is 8.64. The van der Waals surface area contributed by atoms with Gasteiger partial charge in [0, 0.05) is 17.3 Å². The van der Waals surface area contributed by atoms with E-state index in [0.717, 1.165) is 11.1 Å². The van der Waals surface area contributed by atoms with Gasteiger partial charge in [-0.15, -0.1) is 0 Å². The van der Waals surface area contributed by atoms with Crippen LogP contribution in [0.2, 0.25) is 0 Å². The molecule has 1 aliphatic heterocycles. The molecule has 1 unspecified atom stereocenters. The number of sulfone groups is 1. The highest BCUT2D eigenvalue weighted by atomic mass is 32.2. The standard InChI is InChI=1S/C13H18N2O3S/c1-8-5-9(2)12(14)6-11(8)13(16)15-10-3-4-19(17,18)7-10/h5-6,10H,3-4,7,14H2,1-2H3,(H,15,16). The molecule has 1 amide bonds. The second-order valence-electron chi connectivity index (χ2n) is 5.10. The van der Waals surface area contributed by atoms with E-state index >= 15 is 0 Å². The van der Waals surface area contributed by atoms with Gasteiger partial charge in [-0.3, -0.25) is 4.79 Å². The molecule has 1 saturated heterocycles. The van der Waals surface area contributed by atoms with Gasteiger partial charge >= 0.3 is 0 Å². The molecule has 3 N–H and O–H groups in total. The summed E-state index contributed by atoms with van der Waals surface area (Å²) in [4.78, 5) is 12.1. The van der Waals surface area contributed by atoms with Gasteiger partial charge in [-0.25, -0.2) is 8.42 Å². The van der Waals surface area contributed by atoms with Crippen LogP contribution < -0.4 is 11.1 Å². The lowest BCUT2D eigenvalue weighted by atomic mass is 10.0. The van der Waals surface area contributed by atoms with Gasteiger partial charge in [0.25, 0.3) is 5.91 Å². The molecule has 1 fully saturated rings. The lowest BCUT2D eigenvalue weighted by Gasteiger charge is -2.13. The molecule has 6 heteroatoms. The van der Waals surface area contributed by atoms with E-state index in [1.54, 1.807) is 6.07 Å². The van der Waals surface area contributed by atoms with E-state index < -0.39 is 9.84 Å². The van der Waals surface area contributed by atoms with E-state index in [9.17, 15) is 13.2 Å². The van der Waals surface area contributed by atoms with Crippen molar-refractivity contribution in [2.24, 2.45) is 0 Å². The Bertz CT molecular complexity index is 623. The fourth-order valence-corrected chi connectivity index (χ4v) is 3.96. The van der Waals surface area contributed by atoms with E-state index in [1.807, 2.05) is 19.9 Å². The van der Waals surface area contributed by atoms with Gasteiger partial charge < -0.3 is 11.1 Å². The molecule has 19 heavy (non-hydrogen) atoms. The van der Waals surface area contributed by atoms with Gasteiger partial charge in [-0.1, -0.05) is 6.07 Å². The molecule has 0 radical (unpaired) electrons. The molecule has 104 valence electrons. The highest BCUT2D eigenvalue weighted by molar-refractivity contribution is 7.91. The summed E-state index contributed by atoms with van der Waals surface area (Å²) >= 11 is 0. The van der Waals surface area contributed by atoms with E-state index in [0.29, 0.717) is 17.7 Å². The van der Waals surface area contributed by atoms with Crippen molar-refractivity contribution in [3.8, 4) is 0 Å². The summed E-state index contributed by atoms with van der Waals surface area (Å²) in [6.45, 7) is 3.72. The molecule has 0 saturated carbocycles. The predicted octanol–water partition coefficient (Wildman–Crippen LogP) is 0.803. The molecule has 0 bridgehead atoms. The number of carbonyl (C=O) groups is 1. The van der Waals surface area contributed by atoms with Crippen LogP contribution in [-0.4, -0.2) is 31.9 Å². The van der Waals surface area contributed by atoms with Crippen LogP contribution in [-0.2, 0) is 9.84 Å². The number of rotatable bonds is 2. The Morgan fingerprint density at radius 3 is 2.58 bits per heavy atom. The number of carbonyl (C=O) groups excluding carboxylic acids is 1. The largest absolute Gasteiger partial charge is 0.398 e. The number of anilines is 1. The third-order valence-electron chi connectivity index (χ3n) is 3.43. The zero-order chi connectivity index (χ0) is 14.2. The molecule has 0 aromatic heterocycles. The molecule has 5 nitrogen and oxygen atoms in total. The van der Waals surface area contributed by atoms with Crippen molar-refractivity contribution in [2.75, 3.05) is 17.2 Å². The summed E-state index contributed by atoms with van der Waals surface area (Å²) in [7, 11) is -2.99. The van der Waals surface area contributed by atoms with Crippen LogP contribution in [0.25, 0.3) is 0 Å². The quantitative estimate of drug-likeness (QED) is 0.785. The highest BCUT2D eigenvalue weighted by Crippen LogP contribution is 2.19. The van der Waals surface area contributed by atoms with E-state index in [1.165, 1.54) is 0 Å². The van der Waals surface area contributed by atoms with Crippen molar-refractivity contribution in [3.05, 3.63) is 28.8 Å². The number of hydrogen-bond acceptors (Lipinski definition) is 4. The smallest absolute Gasteiger partial charge is 0.251 e. The van der Waals surface area contributed by atoms with Crippen molar-refractivity contribution in [2.45, 2.75) is 26.3 Å². The van der Waals surface area contributed by atoms with Crippen LogP contribution in [0.4, 0.5) is 5.69 Å². The van der Waals surface area contributed by atoms with Gasteiger partial charge in [0.1, 0.15) is 0 Å². The minimum Gasteiger partial charge on any atom is -0.398 e. The lowest BCUT2D eigenvalue weighted by molar-refractivity contribution is 0.0940. The SMILES string of the molecule is Cc1cc(C)c(C(=O)NC2CCS(=O)(=O)C2)cc1N. The molecule has 0 spiro atoms. The number of aryl methyl sites for hydroxylation is 2. The lowest BCUT2D eigenvalue weighted by Crippen LogP contribution is -2.36. The summed E-state index contributed by atoms with van der Waals surface area (Å²) in [6.07, 6.45) is 0.481. The van der Waals surface area contributed by atoms with Crippen molar-refractivity contribution >= 4 is 21.4 Å². The van der Waals surface area contributed by atoms with Crippen LogP contribution >= 0.6 is 0 Å². The minimum absolute atomic E-state index is 0.0269. The summed E-state index contributed by atoms with van der Waals surface area (Å²) in [5, 5.41) is 2.76. The Balaban J connectivity index is 2.15. The van der Waals surface area contributed by atoms with Crippen molar-refractivity contribution in [3.63, 3.8) is 0 Å². The maximum atomic E-state index is 12.1. The fraction of sp³-hybridized carbons (Fsp3) is 0.462. The first-order valence-electron chi connectivity index (χ1n) is 6.16. The van der Waals surface area contributed by atoms with Crippen LogP contribution in [0.5, 0.6) is 0 Å². The van der Waals surface area contributed by atoms with Crippen molar-refractivity contribution < 1.29 is 13.2 Å². The van der Waals surface area contributed by atoms with Crippen molar-refractivity contribution in [1.82, 2.24) is 5.32 Å². The molecule has 0 aliphatic carbocycles. The third-order valence-corrected chi connectivity index (χ3v) is 5.19. The monoisotopic (exact) mass is 282 g/mol. The zero-order valence-corrected chi connectivity index (χ0v) is 11.9. The average molecular weight is 282 g/mol. The summed E-state index contributed by atoms with van der Waals surface area (Å²) in [6, 6.07) is 3.21. The molecule has 1 atom stereocenters. The van der Waals surface area contributed by atoms with Crippen molar-refractivity contribution in [1.29, 1.82) is 0 Å². The first-order chi connectivity index (χ1) is 8.78. The van der Waals surface area contributed by atoms with Gasteiger partial charge in [0.2, 0.25) is 0 Å². The Kier molecular flexibility index (Phi) is 3.54. The number of benzene rings is 1. The Morgan fingerprint density at radius 2 is 2.00 bits per heavy atom. The zero-order valence-electron chi connectivity index (χ0n) is 11.1. The Morgan fingerprint density at radius 1 is 1.32 bits per heavy atom. The van der Waals surface area contributed by atoms with Gasteiger partial charge in [0.15, 0.2) is 9.84 Å². The summed E-state index contributed by atoms with van der Waals surface area (Å²) < 4.78 is 22.7. The topological polar surface area (TPSA) is 89.3 Å². The Labute approximate surface area is 113 Å². The molecule has 1 aromatic carbocycles. The maximum absolute atomic E-state index is 12.1. The maximum Gasteiger partial charge on any atom is 0.251 e. The van der Waals surface area contributed by atoms with Crippen LogP contribution in [0.1, 0.15) is 27.9 Å². The Hall–Kier alpha value is -1.56. The van der Waals surface area contributed by atoms with E-state index in [-0.39, 0.29) is 23.5 Å². The minimum atomic E-state index is -2.99. The van der Waals surface area contributed by atoms with Gasteiger partial charge in [0.05, 0.1) is 11.5 Å². The predicted molar refractivity (Wildman–Crippen MR) is 74.9 cm³/mol. The second-order valence-corrected chi connectivity index (χ2v) is 7.33. The normalized spacial score (nSPS) is 21.3. The average Bonchev–Trinajstić information content (AvgIpc) is 2.63.